The van der Waals surface area contributed by atoms with Crippen LogP contribution in [0.15, 0.2) is 83.3 Å². The van der Waals surface area contributed by atoms with Crippen LogP contribution in [0, 0.1) is 0 Å². The summed E-state index contributed by atoms with van der Waals surface area (Å²) in [6, 6.07) is 22.0. The number of nitrogens with two attached hydrogens (primary N) is 1. The molecular formula is C20H18BrN3O3S. The molecule has 2 amide bonds. The Morgan fingerprint density at radius 3 is 2.00 bits per heavy atom. The van der Waals surface area contributed by atoms with Crippen molar-refractivity contribution in [2.45, 2.75) is 5.25 Å². The van der Waals surface area contributed by atoms with Crippen molar-refractivity contribution in [2.75, 3.05) is 10.6 Å². The molecule has 0 aliphatic carbocycles. The summed E-state index contributed by atoms with van der Waals surface area (Å²) in [6.45, 7) is 0. The monoisotopic (exact) mass is 459 g/mol. The first-order chi connectivity index (χ1) is 13.4. The van der Waals surface area contributed by atoms with Crippen LogP contribution in [0.5, 0.6) is 0 Å². The number of nitrogens with one attached hydrogen (secondary N) is 2. The molecule has 0 radical (unpaired) electrons. The first-order valence-corrected chi connectivity index (χ1v) is 10.7. The minimum atomic E-state index is -3.97. The Morgan fingerprint density at radius 1 is 0.821 bits per heavy atom. The average molecular weight is 460 g/mol. The Bertz CT molecular complexity index is 1090. The number of hydrogen-bond donors (Lipinski definition) is 3. The Balaban J connectivity index is 1.94. The van der Waals surface area contributed by atoms with E-state index in [9.17, 15) is 13.2 Å². The van der Waals surface area contributed by atoms with E-state index in [1.54, 1.807) is 72.8 Å². The summed E-state index contributed by atoms with van der Waals surface area (Å²) in [7, 11) is -3.97. The topological polar surface area (TPSA) is 101 Å². The van der Waals surface area contributed by atoms with Gasteiger partial charge in [0.1, 0.15) is 5.25 Å². The number of primary sulfonamides is 1. The van der Waals surface area contributed by atoms with Crippen LogP contribution >= 0.6 is 15.9 Å². The number of hydrogen-bond acceptors (Lipinski definition) is 3. The standard InChI is InChI=1S/C20H18BrN3O3S/c21-16-11-5-7-13-18(16)24-20(25)23-17-12-6-4-10-15(17)19(28(22,26)27)14-8-2-1-3-9-14/h1-13,19H,(H2,22,26,27)(H2,23,24,25). The SMILES string of the molecule is NS(=O)(=O)C(c1ccccc1)c1ccccc1NC(=O)Nc1ccccc1Br. The van der Waals surface area contributed by atoms with Crippen LogP contribution in [0.3, 0.4) is 0 Å². The van der Waals surface area contributed by atoms with Crippen molar-refractivity contribution in [2.24, 2.45) is 5.14 Å². The van der Waals surface area contributed by atoms with E-state index in [1.165, 1.54) is 0 Å². The van der Waals surface area contributed by atoms with Crippen LogP contribution in [0.2, 0.25) is 0 Å². The molecule has 3 aromatic rings. The maximum absolute atomic E-state index is 12.5. The highest BCUT2D eigenvalue weighted by molar-refractivity contribution is 9.10. The Hall–Kier alpha value is -2.68. The average Bonchev–Trinajstić information content (AvgIpc) is 2.65. The van der Waals surface area contributed by atoms with E-state index in [2.05, 4.69) is 26.6 Å². The molecule has 28 heavy (non-hydrogen) atoms. The summed E-state index contributed by atoms with van der Waals surface area (Å²) in [5, 5.41) is 9.86. The number of para-hydroxylation sites is 2. The predicted molar refractivity (Wildman–Crippen MR) is 115 cm³/mol. The fourth-order valence-corrected chi connectivity index (χ4v) is 4.33. The van der Waals surface area contributed by atoms with E-state index < -0.39 is 21.3 Å². The third kappa shape index (κ3) is 4.78. The number of sulfonamides is 1. The van der Waals surface area contributed by atoms with Gasteiger partial charge in [-0.1, -0.05) is 60.7 Å². The van der Waals surface area contributed by atoms with Crippen molar-refractivity contribution in [3.05, 3.63) is 94.5 Å². The van der Waals surface area contributed by atoms with Crippen LogP contribution in [-0.2, 0) is 10.0 Å². The third-order valence-electron chi connectivity index (χ3n) is 4.04. The summed E-state index contributed by atoms with van der Waals surface area (Å²) in [5.74, 6) is 0. The molecule has 0 fully saturated rings. The second-order valence-electron chi connectivity index (χ2n) is 6.03. The van der Waals surface area contributed by atoms with Gasteiger partial charge in [-0.15, -0.1) is 0 Å². The van der Waals surface area contributed by atoms with Gasteiger partial charge >= 0.3 is 6.03 Å². The van der Waals surface area contributed by atoms with Gasteiger partial charge in [-0.25, -0.2) is 18.4 Å². The molecular weight excluding hydrogens is 442 g/mol. The Morgan fingerprint density at radius 2 is 1.36 bits per heavy atom. The van der Waals surface area contributed by atoms with Gasteiger partial charge in [0.2, 0.25) is 10.0 Å². The molecule has 6 nitrogen and oxygen atoms in total. The van der Waals surface area contributed by atoms with Gasteiger partial charge in [-0.2, -0.15) is 0 Å². The first-order valence-electron chi connectivity index (χ1n) is 8.34. The molecule has 3 aromatic carbocycles. The Kier molecular flexibility index (Phi) is 6.13. The normalized spacial score (nSPS) is 12.2. The van der Waals surface area contributed by atoms with Gasteiger partial charge in [0.05, 0.1) is 5.69 Å². The van der Waals surface area contributed by atoms with Crippen molar-refractivity contribution in [1.82, 2.24) is 0 Å². The quantitative estimate of drug-likeness (QED) is 0.524. The number of benzene rings is 3. The number of anilines is 2. The fourth-order valence-electron chi connectivity index (χ4n) is 2.85. The van der Waals surface area contributed by atoms with Crippen LogP contribution in [0.25, 0.3) is 0 Å². The summed E-state index contributed by atoms with van der Waals surface area (Å²) in [5.41, 5.74) is 1.85. The smallest absolute Gasteiger partial charge is 0.307 e. The molecule has 1 unspecified atom stereocenters. The third-order valence-corrected chi connectivity index (χ3v) is 5.92. The second-order valence-corrected chi connectivity index (χ2v) is 8.53. The van der Waals surface area contributed by atoms with Crippen LogP contribution in [0.1, 0.15) is 16.4 Å². The lowest BCUT2D eigenvalue weighted by Crippen LogP contribution is -2.25. The summed E-state index contributed by atoms with van der Waals surface area (Å²) < 4.78 is 25.4. The highest BCUT2D eigenvalue weighted by Gasteiger charge is 2.28. The highest BCUT2D eigenvalue weighted by Crippen LogP contribution is 2.33. The number of amides is 2. The van der Waals surface area contributed by atoms with E-state index in [0.717, 1.165) is 4.47 Å². The number of rotatable bonds is 5. The van der Waals surface area contributed by atoms with Crippen molar-refractivity contribution in [3.63, 3.8) is 0 Å². The first kappa shape index (κ1) is 20.1. The summed E-state index contributed by atoms with van der Waals surface area (Å²) >= 11 is 3.37. The molecule has 0 bridgehead atoms. The van der Waals surface area contributed by atoms with Crippen molar-refractivity contribution in [3.8, 4) is 0 Å². The maximum Gasteiger partial charge on any atom is 0.323 e. The van der Waals surface area contributed by atoms with Crippen LogP contribution < -0.4 is 15.8 Å². The van der Waals surface area contributed by atoms with Gasteiger partial charge < -0.3 is 10.6 Å². The van der Waals surface area contributed by atoms with Gasteiger partial charge in [-0.05, 0) is 45.3 Å². The van der Waals surface area contributed by atoms with E-state index in [-0.39, 0.29) is 0 Å². The van der Waals surface area contributed by atoms with Crippen LogP contribution in [0.4, 0.5) is 16.2 Å². The highest BCUT2D eigenvalue weighted by atomic mass is 79.9. The molecule has 0 aliphatic rings. The molecule has 0 saturated heterocycles. The Labute approximate surface area is 172 Å². The van der Waals surface area contributed by atoms with E-state index >= 15 is 0 Å². The lowest BCUT2D eigenvalue weighted by Gasteiger charge is -2.20. The zero-order valence-corrected chi connectivity index (χ0v) is 17.1. The molecule has 3 rings (SSSR count). The minimum absolute atomic E-state index is 0.356. The van der Waals surface area contributed by atoms with E-state index in [0.29, 0.717) is 22.5 Å². The predicted octanol–water partition coefficient (Wildman–Crippen LogP) is 4.47. The van der Waals surface area contributed by atoms with Gasteiger partial charge in [0, 0.05) is 10.2 Å². The van der Waals surface area contributed by atoms with Crippen LogP contribution in [-0.4, -0.2) is 14.4 Å². The summed E-state index contributed by atoms with van der Waals surface area (Å²) in [6.07, 6.45) is 0. The molecule has 144 valence electrons. The van der Waals surface area contributed by atoms with Crippen molar-refractivity contribution >= 4 is 43.4 Å². The van der Waals surface area contributed by atoms with Gasteiger partial charge in [0.25, 0.3) is 0 Å². The van der Waals surface area contributed by atoms with Gasteiger partial charge in [0.15, 0.2) is 0 Å². The number of carbonyl (C=O) groups excluding carboxylic acids is 1. The molecule has 0 heterocycles. The lowest BCUT2D eigenvalue weighted by molar-refractivity contribution is 0.262. The molecule has 1 atom stereocenters. The van der Waals surface area contributed by atoms with Gasteiger partial charge in [-0.3, -0.25) is 0 Å². The fraction of sp³-hybridized carbons (Fsp3) is 0.0500. The lowest BCUT2D eigenvalue weighted by atomic mass is 10.0. The molecule has 8 heteroatoms. The number of halogens is 1. The van der Waals surface area contributed by atoms with E-state index in [4.69, 9.17) is 5.14 Å². The minimum Gasteiger partial charge on any atom is -0.307 e. The zero-order chi connectivity index (χ0) is 20.1. The van der Waals surface area contributed by atoms with Crippen molar-refractivity contribution < 1.29 is 13.2 Å². The second kappa shape index (κ2) is 8.55. The van der Waals surface area contributed by atoms with Crippen molar-refractivity contribution in [1.29, 1.82) is 0 Å². The number of urea groups is 1. The summed E-state index contributed by atoms with van der Waals surface area (Å²) in [4.78, 5) is 12.5. The molecule has 0 aromatic heterocycles. The zero-order valence-electron chi connectivity index (χ0n) is 14.7. The maximum atomic E-state index is 12.5. The van der Waals surface area contributed by atoms with E-state index in [1.807, 2.05) is 6.07 Å². The molecule has 4 N–H and O–H groups in total. The molecule has 0 saturated carbocycles. The largest absolute Gasteiger partial charge is 0.323 e. The molecule has 0 spiro atoms. The molecule has 0 aliphatic heterocycles. The number of carbonyl (C=O) groups is 1.